The van der Waals surface area contributed by atoms with Crippen LogP contribution in [0.3, 0.4) is 0 Å². The summed E-state index contributed by atoms with van der Waals surface area (Å²) in [6, 6.07) is 6.64. The van der Waals surface area contributed by atoms with E-state index in [1.54, 1.807) is 6.33 Å². The number of imidazole rings is 1. The van der Waals surface area contributed by atoms with Gasteiger partial charge >= 0.3 is 0 Å². The molecule has 2 aliphatic rings. The molecule has 1 N–H and O–H groups in total. The minimum absolute atomic E-state index is 0.198. The van der Waals surface area contributed by atoms with Gasteiger partial charge in [0.25, 0.3) is 0 Å². The summed E-state index contributed by atoms with van der Waals surface area (Å²) in [6.45, 7) is 2.71. The summed E-state index contributed by atoms with van der Waals surface area (Å²) in [6.07, 6.45) is 7.16. The molecule has 7 nitrogen and oxygen atoms in total. The number of amides is 1. The van der Waals surface area contributed by atoms with Crippen LogP contribution in [0.25, 0.3) is 11.2 Å². The molecule has 1 amide bonds. The molecule has 0 saturated heterocycles. The molecule has 5 rings (SSSR count). The monoisotopic (exact) mass is 348 g/mol. The molecular formula is C19H20N6O. The normalized spacial score (nSPS) is 16.8. The molecule has 132 valence electrons. The Morgan fingerprint density at radius 2 is 2.08 bits per heavy atom. The highest BCUT2D eigenvalue weighted by Crippen LogP contribution is 2.37. The zero-order valence-corrected chi connectivity index (χ0v) is 14.6. The summed E-state index contributed by atoms with van der Waals surface area (Å²) in [5, 5.41) is 3.38. The van der Waals surface area contributed by atoms with Crippen LogP contribution in [0.5, 0.6) is 0 Å². The molecule has 0 radical (unpaired) electrons. The fourth-order valence-corrected chi connectivity index (χ4v) is 3.68. The number of carbonyl (C=O) groups is 1. The number of nitrogens with one attached hydrogen (secondary N) is 1. The van der Waals surface area contributed by atoms with E-state index in [2.05, 4.69) is 30.9 Å². The average Bonchev–Trinajstić information content (AvgIpc) is 3.41. The Morgan fingerprint density at radius 1 is 1.19 bits per heavy atom. The fraction of sp³-hybridized carbons (Fsp3) is 0.368. The Balaban J connectivity index is 1.49. The van der Waals surface area contributed by atoms with Crippen LogP contribution in [0.15, 0.2) is 30.9 Å². The smallest absolute Gasteiger partial charge is 0.227 e. The largest absolute Gasteiger partial charge is 0.338 e. The van der Waals surface area contributed by atoms with Gasteiger partial charge in [-0.05, 0) is 49.9 Å². The zero-order chi connectivity index (χ0) is 17.7. The van der Waals surface area contributed by atoms with Crippen molar-refractivity contribution in [3.05, 3.63) is 36.4 Å². The number of nitrogens with zero attached hydrogens (tertiary/aromatic N) is 5. The van der Waals surface area contributed by atoms with Crippen molar-refractivity contribution in [1.82, 2.24) is 19.5 Å². The molecule has 3 heterocycles. The van der Waals surface area contributed by atoms with Gasteiger partial charge in [-0.1, -0.05) is 0 Å². The van der Waals surface area contributed by atoms with E-state index < -0.39 is 0 Å². The fourth-order valence-electron chi connectivity index (χ4n) is 3.68. The summed E-state index contributed by atoms with van der Waals surface area (Å²) in [5.41, 5.74) is 4.83. The van der Waals surface area contributed by atoms with Crippen LogP contribution in [0, 0.1) is 0 Å². The van der Waals surface area contributed by atoms with Gasteiger partial charge in [-0.15, -0.1) is 0 Å². The van der Waals surface area contributed by atoms with Gasteiger partial charge in [-0.25, -0.2) is 15.0 Å². The lowest BCUT2D eigenvalue weighted by atomic mass is 10.0. The van der Waals surface area contributed by atoms with Crippen LogP contribution >= 0.6 is 0 Å². The van der Waals surface area contributed by atoms with E-state index in [-0.39, 0.29) is 5.91 Å². The summed E-state index contributed by atoms with van der Waals surface area (Å²) in [7, 11) is 0. The van der Waals surface area contributed by atoms with Crippen molar-refractivity contribution in [2.24, 2.45) is 0 Å². The second kappa shape index (κ2) is 5.79. The zero-order valence-electron chi connectivity index (χ0n) is 14.6. The SMILES string of the molecule is CCN1C(=O)CCc2cc(Nc3ncnc4c3ncn4C3CC3)ccc21. The Morgan fingerprint density at radius 3 is 2.88 bits per heavy atom. The summed E-state index contributed by atoms with van der Waals surface area (Å²) < 4.78 is 2.14. The molecule has 0 atom stereocenters. The number of rotatable bonds is 4. The molecule has 26 heavy (non-hydrogen) atoms. The van der Waals surface area contributed by atoms with Crippen molar-refractivity contribution in [1.29, 1.82) is 0 Å². The molecule has 0 unspecified atom stereocenters. The number of fused-ring (bicyclic) bond motifs is 2. The lowest BCUT2D eigenvalue weighted by molar-refractivity contribution is -0.118. The van der Waals surface area contributed by atoms with E-state index in [0.29, 0.717) is 24.8 Å². The van der Waals surface area contributed by atoms with E-state index >= 15 is 0 Å². The van der Waals surface area contributed by atoms with Gasteiger partial charge in [0.05, 0.1) is 6.33 Å². The average molecular weight is 348 g/mol. The van der Waals surface area contributed by atoms with Crippen LogP contribution in [-0.2, 0) is 11.2 Å². The maximum Gasteiger partial charge on any atom is 0.227 e. The standard InChI is InChI=1S/C19H20N6O/c1-2-24-15-7-4-13(9-12(15)3-8-16(24)26)23-18-17-19(21-10-20-18)25(11-22-17)14-5-6-14/h4,7,9-11,14H,2-3,5-6,8H2,1H3,(H,20,21,23). The first-order valence-corrected chi connectivity index (χ1v) is 9.12. The van der Waals surface area contributed by atoms with E-state index in [9.17, 15) is 4.79 Å². The van der Waals surface area contributed by atoms with Gasteiger partial charge in [-0.2, -0.15) is 0 Å². The Kier molecular flexibility index (Phi) is 3.41. The highest BCUT2D eigenvalue weighted by molar-refractivity contribution is 5.97. The first-order valence-electron chi connectivity index (χ1n) is 9.12. The molecule has 1 aromatic carbocycles. The molecule has 1 fully saturated rings. The predicted molar refractivity (Wildman–Crippen MR) is 99.7 cm³/mol. The second-order valence-electron chi connectivity index (χ2n) is 6.88. The van der Waals surface area contributed by atoms with Gasteiger partial charge in [0.2, 0.25) is 5.91 Å². The van der Waals surface area contributed by atoms with Crippen molar-refractivity contribution in [3.63, 3.8) is 0 Å². The topological polar surface area (TPSA) is 75.9 Å². The molecule has 2 aromatic heterocycles. The van der Waals surface area contributed by atoms with Gasteiger partial charge < -0.3 is 14.8 Å². The third-order valence-electron chi connectivity index (χ3n) is 5.16. The predicted octanol–water partition coefficient (Wildman–Crippen LogP) is 3.20. The number of aromatic nitrogens is 4. The van der Waals surface area contributed by atoms with Gasteiger partial charge in [0.15, 0.2) is 17.0 Å². The van der Waals surface area contributed by atoms with Crippen LogP contribution in [0.4, 0.5) is 17.2 Å². The Bertz CT molecular complexity index is 1010. The number of anilines is 3. The molecule has 3 aromatic rings. The molecule has 1 aliphatic heterocycles. The minimum Gasteiger partial charge on any atom is -0.338 e. The summed E-state index contributed by atoms with van der Waals surface area (Å²) in [4.78, 5) is 27.2. The van der Waals surface area contributed by atoms with Gasteiger partial charge in [0, 0.05) is 30.4 Å². The van der Waals surface area contributed by atoms with Gasteiger partial charge in [-0.3, -0.25) is 4.79 Å². The van der Waals surface area contributed by atoms with Gasteiger partial charge in [0.1, 0.15) is 6.33 Å². The molecule has 1 aliphatic carbocycles. The second-order valence-corrected chi connectivity index (χ2v) is 6.88. The Labute approximate surface area is 151 Å². The number of benzene rings is 1. The third kappa shape index (κ3) is 2.42. The molecule has 0 bridgehead atoms. The number of hydrogen-bond acceptors (Lipinski definition) is 5. The van der Waals surface area contributed by atoms with E-state index in [0.717, 1.165) is 29.0 Å². The van der Waals surface area contributed by atoms with Crippen molar-refractivity contribution in [3.8, 4) is 0 Å². The number of hydrogen-bond donors (Lipinski definition) is 1. The van der Waals surface area contributed by atoms with E-state index in [1.165, 1.54) is 18.4 Å². The quantitative estimate of drug-likeness (QED) is 0.783. The van der Waals surface area contributed by atoms with Crippen molar-refractivity contribution >= 4 is 34.3 Å². The molecular weight excluding hydrogens is 328 g/mol. The molecule has 1 saturated carbocycles. The van der Waals surface area contributed by atoms with Crippen molar-refractivity contribution in [2.75, 3.05) is 16.8 Å². The summed E-state index contributed by atoms with van der Waals surface area (Å²) in [5.74, 6) is 0.914. The van der Waals surface area contributed by atoms with E-state index in [1.807, 2.05) is 30.3 Å². The van der Waals surface area contributed by atoms with Crippen LogP contribution in [-0.4, -0.2) is 32.0 Å². The van der Waals surface area contributed by atoms with E-state index in [4.69, 9.17) is 0 Å². The maximum atomic E-state index is 12.1. The third-order valence-corrected chi connectivity index (χ3v) is 5.16. The minimum atomic E-state index is 0.198. The van der Waals surface area contributed by atoms with Crippen molar-refractivity contribution < 1.29 is 4.79 Å². The number of aryl methyl sites for hydroxylation is 1. The van der Waals surface area contributed by atoms with Crippen LogP contribution < -0.4 is 10.2 Å². The molecule has 7 heteroatoms. The van der Waals surface area contributed by atoms with Crippen LogP contribution in [0.2, 0.25) is 0 Å². The summed E-state index contributed by atoms with van der Waals surface area (Å²) >= 11 is 0. The highest BCUT2D eigenvalue weighted by Gasteiger charge is 2.26. The maximum absolute atomic E-state index is 12.1. The van der Waals surface area contributed by atoms with Crippen LogP contribution in [0.1, 0.15) is 37.8 Å². The highest BCUT2D eigenvalue weighted by atomic mass is 16.2. The Hall–Kier alpha value is -2.96. The van der Waals surface area contributed by atoms with Crippen molar-refractivity contribution in [2.45, 2.75) is 38.6 Å². The first-order chi connectivity index (χ1) is 12.7. The lowest BCUT2D eigenvalue weighted by Crippen LogP contribution is -2.34. The number of carbonyl (C=O) groups excluding carboxylic acids is 1. The molecule has 0 spiro atoms. The first kappa shape index (κ1) is 15.3. The lowest BCUT2D eigenvalue weighted by Gasteiger charge is -2.28.